The zero-order chi connectivity index (χ0) is 17.8. The molecule has 3 rings (SSSR count). The molecule has 1 aromatic heterocycles. The van der Waals surface area contributed by atoms with E-state index in [1.54, 1.807) is 35.6 Å². The van der Waals surface area contributed by atoms with Crippen LogP contribution in [0.1, 0.15) is 27.5 Å². The van der Waals surface area contributed by atoms with Crippen molar-refractivity contribution in [3.63, 3.8) is 0 Å². The van der Waals surface area contributed by atoms with Crippen LogP contribution in [-0.4, -0.2) is 31.4 Å². The maximum Gasteiger partial charge on any atom is 0.251 e. The fourth-order valence-corrected chi connectivity index (χ4v) is 3.86. The molecule has 0 fully saturated rings. The molecule has 0 spiro atoms. The van der Waals surface area contributed by atoms with Crippen molar-refractivity contribution in [2.45, 2.75) is 6.04 Å². The van der Waals surface area contributed by atoms with Gasteiger partial charge in [0.15, 0.2) is 0 Å². The fourth-order valence-electron chi connectivity index (χ4n) is 2.85. The smallest absolute Gasteiger partial charge is 0.251 e. The van der Waals surface area contributed by atoms with E-state index in [2.05, 4.69) is 33.8 Å². The van der Waals surface area contributed by atoms with Crippen molar-refractivity contribution in [1.82, 2.24) is 10.2 Å². The van der Waals surface area contributed by atoms with Gasteiger partial charge in [0.1, 0.15) is 0 Å². The van der Waals surface area contributed by atoms with E-state index in [1.807, 2.05) is 26.2 Å². The van der Waals surface area contributed by atoms with E-state index >= 15 is 0 Å². The number of hydrogen-bond acceptors (Lipinski definition) is 4. The highest BCUT2D eigenvalue weighted by molar-refractivity contribution is 7.17. The molecule has 5 heteroatoms. The Balaban J connectivity index is 1.79. The molecule has 0 radical (unpaired) electrons. The summed E-state index contributed by atoms with van der Waals surface area (Å²) in [6.45, 7) is 0.503. The van der Waals surface area contributed by atoms with E-state index in [0.717, 1.165) is 0 Å². The molecule has 0 bridgehead atoms. The molecule has 1 amide bonds. The number of fused-ring (bicyclic) bond motifs is 1. The molecule has 0 unspecified atom stereocenters. The summed E-state index contributed by atoms with van der Waals surface area (Å²) in [5, 5.41) is 15.4. The van der Waals surface area contributed by atoms with Crippen LogP contribution >= 0.6 is 11.3 Å². The van der Waals surface area contributed by atoms with Gasteiger partial charge in [-0.25, -0.2) is 0 Å². The molecular formula is C20H19N3OS. The van der Waals surface area contributed by atoms with Crippen LogP contribution in [0.2, 0.25) is 0 Å². The lowest BCUT2D eigenvalue weighted by molar-refractivity contribution is 0.0942. The lowest BCUT2D eigenvalue weighted by Crippen LogP contribution is -2.34. The SMILES string of the molecule is CN(C)[C@H](CNC(=O)c1cccc(C#N)c1)c1csc2ccccc12. The molecule has 126 valence electrons. The number of nitrogens with one attached hydrogen (secondary N) is 1. The Morgan fingerprint density at radius 1 is 1.24 bits per heavy atom. The van der Waals surface area contributed by atoms with Crippen LogP contribution in [-0.2, 0) is 0 Å². The second-order valence-corrected chi connectivity index (χ2v) is 6.98. The maximum absolute atomic E-state index is 12.4. The van der Waals surface area contributed by atoms with Crippen molar-refractivity contribution in [2.24, 2.45) is 0 Å². The first-order valence-electron chi connectivity index (χ1n) is 8.01. The van der Waals surface area contributed by atoms with E-state index in [9.17, 15) is 4.79 Å². The van der Waals surface area contributed by atoms with Crippen molar-refractivity contribution in [2.75, 3.05) is 20.6 Å². The molecule has 1 N–H and O–H groups in total. The van der Waals surface area contributed by atoms with Gasteiger partial charge in [0.05, 0.1) is 17.7 Å². The number of rotatable bonds is 5. The Bertz CT molecular complexity index is 939. The van der Waals surface area contributed by atoms with Gasteiger partial charge in [0, 0.05) is 16.8 Å². The molecule has 4 nitrogen and oxygen atoms in total. The van der Waals surface area contributed by atoms with E-state index in [0.29, 0.717) is 17.7 Å². The van der Waals surface area contributed by atoms with Crippen LogP contribution in [0.25, 0.3) is 10.1 Å². The Morgan fingerprint density at radius 2 is 2.04 bits per heavy atom. The highest BCUT2D eigenvalue weighted by Gasteiger charge is 2.19. The second kappa shape index (κ2) is 7.47. The molecule has 1 atom stereocenters. The molecule has 0 saturated carbocycles. The number of carbonyl (C=O) groups excluding carboxylic acids is 1. The average molecular weight is 349 g/mol. The molecule has 2 aromatic carbocycles. The predicted molar refractivity (Wildman–Crippen MR) is 102 cm³/mol. The molecule has 0 saturated heterocycles. The van der Waals surface area contributed by atoms with Crippen LogP contribution in [0.3, 0.4) is 0 Å². The third kappa shape index (κ3) is 3.71. The van der Waals surface area contributed by atoms with Crippen molar-refractivity contribution in [3.8, 4) is 6.07 Å². The lowest BCUT2D eigenvalue weighted by Gasteiger charge is -2.24. The standard InChI is InChI=1S/C20H19N3OS/c1-23(2)18(17-13-25-19-9-4-3-8-16(17)19)12-22-20(24)15-7-5-6-14(10-15)11-21/h3-10,13,18H,12H2,1-2H3,(H,22,24)/t18-/m1/s1. The summed E-state index contributed by atoms with van der Waals surface area (Å²) >= 11 is 1.72. The minimum Gasteiger partial charge on any atom is -0.350 e. The third-order valence-electron chi connectivity index (χ3n) is 4.20. The number of likely N-dealkylation sites (N-methyl/N-ethyl adjacent to an activating group) is 1. The zero-order valence-electron chi connectivity index (χ0n) is 14.2. The molecule has 0 aliphatic rings. The first kappa shape index (κ1) is 17.2. The van der Waals surface area contributed by atoms with Gasteiger partial charge in [-0.2, -0.15) is 5.26 Å². The van der Waals surface area contributed by atoms with Crippen molar-refractivity contribution >= 4 is 27.3 Å². The lowest BCUT2D eigenvalue weighted by atomic mass is 10.0. The topological polar surface area (TPSA) is 56.1 Å². The molecule has 25 heavy (non-hydrogen) atoms. The van der Waals surface area contributed by atoms with Crippen molar-refractivity contribution in [3.05, 3.63) is 70.6 Å². The van der Waals surface area contributed by atoms with Gasteiger partial charge in [-0.15, -0.1) is 11.3 Å². The monoisotopic (exact) mass is 349 g/mol. The third-order valence-corrected chi connectivity index (χ3v) is 5.18. The summed E-state index contributed by atoms with van der Waals surface area (Å²) in [5.41, 5.74) is 2.21. The van der Waals surface area contributed by atoms with Crippen LogP contribution in [0.15, 0.2) is 53.9 Å². The number of hydrogen-bond donors (Lipinski definition) is 1. The molecular weight excluding hydrogens is 330 g/mol. The van der Waals surface area contributed by atoms with Gasteiger partial charge in [0.2, 0.25) is 0 Å². The Kier molecular flexibility index (Phi) is 5.13. The number of thiophene rings is 1. The van der Waals surface area contributed by atoms with Crippen LogP contribution < -0.4 is 5.32 Å². The summed E-state index contributed by atoms with van der Waals surface area (Å²) < 4.78 is 1.25. The highest BCUT2D eigenvalue weighted by Crippen LogP contribution is 2.32. The first-order valence-corrected chi connectivity index (χ1v) is 8.89. The Labute approximate surface area is 151 Å². The zero-order valence-corrected chi connectivity index (χ0v) is 15.0. The van der Waals surface area contributed by atoms with Crippen molar-refractivity contribution in [1.29, 1.82) is 5.26 Å². The van der Waals surface area contributed by atoms with E-state index in [-0.39, 0.29) is 11.9 Å². The van der Waals surface area contributed by atoms with Crippen molar-refractivity contribution < 1.29 is 4.79 Å². The summed E-state index contributed by atoms with van der Waals surface area (Å²) in [6, 6.07) is 17.2. The van der Waals surface area contributed by atoms with Crippen LogP contribution in [0.4, 0.5) is 0 Å². The Morgan fingerprint density at radius 3 is 2.80 bits per heavy atom. The first-order chi connectivity index (χ1) is 12.1. The van der Waals surface area contributed by atoms with Gasteiger partial charge < -0.3 is 10.2 Å². The van der Waals surface area contributed by atoms with E-state index in [4.69, 9.17) is 5.26 Å². The summed E-state index contributed by atoms with van der Waals surface area (Å²) in [7, 11) is 4.03. The average Bonchev–Trinajstić information content (AvgIpc) is 3.05. The van der Waals surface area contributed by atoms with Crippen LogP contribution in [0, 0.1) is 11.3 Å². The van der Waals surface area contributed by atoms with Gasteiger partial charge in [-0.05, 0) is 54.7 Å². The number of amides is 1. The molecule has 0 aliphatic carbocycles. The van der Waals surface area contributed by atoms with Gasteiger partial charge in [0.25, 0.3) is 5.91 Å². The largest absolute Gasteiger partial charge is 0.350 e. The predicted octanol–water partition coefficient (Wildman–Crippen LogP) is 3.81. The van der Waals surface area contributed by atoms with Gasteiger partial charge >= 0.3 is 0 Å². The summed E-state index contributed by atoms with van der Waals surface area (Å²) in [6.07, 6.45) is 0. The Hall–Kier alpha value is -2.68. The van der Waals surface area contributed by atoms with Crippen LogP contribution in [0.5, 0.6) is 0 Å². The second-order valence-electron chi connectivity index (χ2n) is 6.07. The minimum absolute atomic E-state index is 0.0826. The molecule has 0 aliphatic heterocycles. The highest BCUT2D eigenvalue weighted by atomic mass is 32.1. The van der Waals surface area contributed by atoms with Gasteiger partial charge in [-0.3, -0.25) is 4.79 Å². The normalized spacial score (nSPS) is 12.1. The quantitative estimate of drug-likeness (QED) is 0.762. The van der Waals surface area contributed by atoms with E-state index in [1.165, 1.54) is 15.6 Å². The van der Waals surface area contributed by atoms with Gasteiger partial charge in [-0.1, -0.05) is 24.3 Å². The summed E-state index contributed by atoms with van der Waals surface area (Å²) in [5.74, 6) is -0.163. The van der Waals surface area contributed by atoms with E-state index < -0.39 is 0 Å². The number of benzene rings is 2. The number of nitriles is 1. The minimum atomic E-state index is -0.163. The number of carbonyl (C=O) groups is 1. The fraction of sp³-hybridized carbons (Fsp3) is 0.200. The molecule has 3 aromatic rings. The number of nitrogens with zero attached hydrogens (tertiary/aromatic N) is 2. The summed E-state index contributed by atoms with van der Waals surface area (Å²) in [4.78, 5) is 14.5. The maximum atomic E-state index is 12.4. The molecule has 1 heterocycles.